The summed E-state index contributed by atoms with van der Waals surface area (Å²) in [6, 6.07) is 0. The topological polar surface area (TPSA) is 104 Å². The van der Waals surface area contributed by atoms with E-state index in [1.54, 1.807) is 0 Å². The number of epoxide rings is 1. The fourth-order valence-electron chi connectivity index (χ4n) is 5.40. The van der Waals surface area contributed by atoms with Gasteiger partial charge in [-0.2, -0.15) is 0 Å². The van der Waals surface area contributed by atoms with Crippen LogP contribution in [0.25, 0.3) is 0 Å². The Morgan fingerprint density at radius 3 is 2.62 bits per heavy atom. The highest BCUT2D eigenvalue weighted by Crippen LogP contribution is 2.61. The van der Waals surface area contributed by atoms with Crippen molar-refractivity contribution in [3.8, 4) is 0 Å². The van der Waals surface area contributed by atoms with Gasteiger partial charge in [-0.1, -0.05) is 25.5 Å². The summed E-state index contributed by atoms with van der Waals surface area (Å²) >= 11 is 0. The Morgan fingerprint density at radius 1 is 1.46 bits per heavy atom. The van der Waals surface area contributed by atoms with Gasteiger partial charge in [0.1, 0.15) is 6.10 Å². The normalized spacial score (nSPS) is 46.2. The van der Waals surface area contributed by atoms with E-state index in [1.807, 2.05) is 27.7 Å². The number of Topliss-reactive ketones (excluding diaryl/α,β-unsaturated/α-hetero) is 2. The molecule has 2 N–H and O–H groups in total. The zero-order valence-electron chi connectivity index (χ0n) is 15.8. The number of aldehydes is 1. The number of fused-ring (bicyclic) bond motifs is 1. The van der Waals surface area contributed by atoms with Gasteiger partial charge in [-0.3, -0.25) is 14.4 Å². The molecule has 2 fully saturated rings. The van der Waals surface area contributed by atoms with Crippen LogP contribution in [0.2, 0.25) is 0 Å². The lowest BCUT2D eigenvalue weighted by Gasteiger charge is -2.58. The Morgan fingerprint density at radius 2 is 2.08 bits per heavy atom. The van der Waals surface area contributed by atoms with Crippen LogP contribution in [0.1, 0.15) is 47.0 Å². The maximum atomic E-state index is 13.0. The number of aliphatic hydroxyl groups is 2. The third-order valence-corrected chi connectivity index (χ3v) is 7.66. The molecule has 3 rings (SSSR count). The van der Waals surface area contributed by atoms with Gasteiger partial charge in [0.2, 0.25) is 5.78 Å². The number of carbonyl (C=O) groups is 3. The van der Waals surface area contributed by atoms with Crippen molar-refractivity contribution in [2.45, 2.75) is 64.8 Å². The molecule has 1 aliphatic heterocycles. The van der Waals surface area contributed by atoms with E-state index in [9.17, 15) is 24.6 Å². The maximum absolute atomic E-state index is 13.0. The first-order chi connectivity index (χ1) is 12.1. The van der Waals surface area contributed by atoms with Crippen molar-refractivity contribution in [2.75, 3.05) is 6.61 Å². The van der Waals surface area contributed by atoms with Crippen LogP contribution in [0, 0.1) is 22.7 Å². The zero-order chi connectivity index (χ0) is 19.5. The first kappa shape index (κ1) is 19.4. The minimum Gasteiger partial charge on any atom is -0.389 e. The van der Waals surface area contributed by atoms with E-state index in [2.05, 4.69) is 6.08 Å². The van der Waals surface area contributed by atoms with E-state index in [-0.39, 0.29) is 36.9 Å². The van der Waals surface area contributed by atoms with Gasteiger partial charge in [-0.25, -0.2) is 0 Å². The highest BCUT2D eigenvalue weighted by molar-refractivity contribution is 6.30. The first-order valence-electron chi connectivity index (χ1n) is 9.27. The number of carbonyl (C=O) groups excluding carboxylic acids is 3. The predicted octanol–water partition coefficient (Wildman–Crippen LogP) is 1.22. The van der Waals surface area contributed by atoms with Crippen molar-refractivity contribution < 1.29 is 29.3 Å². The van der Waals surface area contributed by atoms with Crippen LogP contribution in [-0.2, 0) is 19.1 Å². The molecule has 1 heterocycles. The molecule has 0 bridgehead atoms. The smallest absolute Gasteiger partial charge is 0.231 e. The van der Waals surface area contributed by atoms with Gasteiger partial charge in [0, 0.05) is 0 Å². The Hall–Kier alpha value is -1.37. The quantitative estimate of drug-likeness (QED) is 0.329. The van der Waals surface area contributed by atoms with Crippen molar-refractivity contribution in [2.24, 2.45) is 22.7 Å². The van der Waals surface area contributed by atoms with Crippen molar-refractivity contribution >= 4 is 17.9 Å². The van der Waals surface area contributed by atoms with E-state index < -0.39 is 34.4 Å². The standard InChI is InChI=1S/C20H28O6/c1-11-6-5-7-13-18(3,12(2)16(24)17(25)19(11,13)4)8-14(22)20(10-26-20)15(23)9-21/h6,9,12-14,16,22,24H,5,7-8,10H2,1-4H3/t12-,13+,14-,16-,18-,19-,20+/m0/s1. The van der Waals surface area contributed by atoms with Crippen LogP contribution < -0.4 is 0 Å². The second-order valence-corrected chi connectivity index (χ2v) is 8.70. The number of ketones is 2. The lowest BCUT2D eigenvalue weighted by molar-refractivity contribution is -0.169. The molecular formula is C20H28O6. The summed E-state index contributed by atoms with van der Waals surface area (Å²) in [6.07, 6.45) is 1.76. The summed E-state index contributed by atoms with van der Waals surface area (Å²) < 4.78 is 5.19. The summed E-state index contributed by atoms with van der Waals surface area (Å²) in [5.41, 5.74) is -1.87. The minimum atomic E-state index is -1.45. The van der Waals surface area contributed by atoms with Crippen molar-refractivity contribution in [3.63, 3.8) is 0 Å². The van der Waals surface area contributed by atoms with Gasteiger partial charge in [-0.15, -0.1) is 0 Å². The molecule has 6 heteroatoms. The average Bonchev–Trinajstić information content (AvgIpc) is 3.42. The molecule has 3 aliphatic rings. The Kier molecular flexibility index (Phi) is 4.53. The molecule has 2 aliphatic carbocycles. The fourth-order valence-corrected chi connectivity index (χ4v) is 5.40. The van der Waals surface area contributed by atoms with E-state index in [0.29, 0.717) is 0 Å². The van der Waals surface area contributed by atoms with Gasteiger partial charge in [0.25, 0.3) is 0 Å². The van der Waals surface area contributed by atoms with Gasteiger partial charge in [0.15, 0.2) is 17.7 Å². The minimum absolute atomic E-state index is 0.0263. The molecule has 26 heavy (non-hydrogen) atoms. The third-order valence-electron chi connectivity index (χ3n) is 7.66. The van der Waals surface area contributed by atoms with Gasteiger partial charge in [0.05, 0.1) is 18.1 Å². The number of ether oxygens (including phenoxy) is 1. The Bertz CT molecular complexity index is 678. The maximum Gasteiger partial charge on any atom is 0.231 e. The lowest BCUT2D eigenvalue weighted by Crippen LogP contribution is -2.62. The highest BCUT2D eigenvalue weighted by Gasteiger charge is 2.65. The van der Waals surface area contributed by atoms with E-state index in [1.165, 1.54) is 0 Å². The highest BCUT2D eigenvalue weighted by atomic mass is 16.6. The van der Waals surface area contributed by atoms with Crippen molar-refractivity contribution in [1.29, 1.82) is 0 Å². The molecule has 0 spiro atoms. The summed E-state index contributed by atoms with van der Waals surface area (Å²) in [6.45, 7) is 7.62. The number of hydrogen-bond acceptors (Lipinski definition) is 6. The zero-order valence-corrected chi connectivity index (χ0v) is 15.8. The number of rotatable bonds is 5. The lowest BCUT2D eigenvalue weighted by atomic mass is 9.45. The van der Waals surface area contributed by atoms with Crippen LogP contribution in [0.5, 0.6) is 0 Å². The first-order valence-corrected chi connectivity index (χ1v) is 9.27. The van der Waals surface area contributed by atoms with Crippen LogP contribution in [-0.4, -0.2) is 52.5 Å². The predicted molar refractivity (Wildman–Crippen MR) is 93.3 cm³/mol. The fraction of sp³-hybridized carbons (Fsp3) is 0.750. The molecule has 0 aromatic heterocycles. The van der Waals surface area contributed by atoms with E-state index in [0.717, 1.165) is 18.4 Å². The monoisotopic (exact) mass is 364 g/mol. The SMILES string of the molecule is CC1=CCC[C@H]2[C@@]1(C)C(=O)[C@@H](O)[C@H](C)[C@]2(C)C[C@H](O)[C@@]1(C(=O)C=O)CO1. The molecule has 7 atom stereocenters. The Labute approximate surface area is 153 Å². The average molecular weight is 364 g/mol. The second-order valence-electron chi connectivity index (χ2n) is 8.70. The van der Waals surface area contributed by atoms with Crippen LogP contribution in [0.15, 0.2) is 11.6 Å². The molecule has 1 saturated carbocycles. The van der Waals surface area contributed by atoms with Crippen molar-refractivity contribution in [1.82, 2.24) is 0 Å². The third kappa shape index (κ3) is 2.38. The summed E-state index contributed by atoms with van der Waals surface area (Å²) in [7, 11) is 0. The van der Waals surface area contributed by atoms with E-state index >= 15 is 0 Å². The molecule has 144 valence electrons. The Balaban J connectivity index is 1.99. The second kappa shape index (κ2) is 6.08. The van der Waals surface area contributed by atoms with Crippen LogP contribution in [0.4, 0.5) is 0 Å². The largest absolute Gasteiger partial charge is 0.389 e. The molecule has 6 nitrogen and oxygen atoms in total. The van der Waals surface area contributed by atoms with Gasteiger partial charge >= 0.3 is 0 Å². The molecule has 1 saturated heterocycles. The van der Waals surface area contributed by atoms with Crippen LogP contribution >= 0.6 is 0 Å². The molecule has 0 aromatic carbocycles. The van der Waals surface area contributed by atoms with Crippen LogP contribution in [0.3, 0.4) is 0 Å². The number of aliphatic hydroxyl groups excluding tert-OH is 2. The molecule has 0 aromatic rings. The summed E-state index contributed by atoms with van der Waals surface area (Å²) in [5, 5.41) is 21.5. The summed E-state index contributed by atoms with van der Waals surface area (Å²) in [4.78, 5) is 35.8. The molecule has 0 radical (unpaired) electrons. The number of allylic oxidation sites excluding steroid dienone is 2. The van der Waals surface area contributed by atoms with Crippen molar-refractivity contribution in [3.05, 3.63) is 11.6 Å². The summed E-state index contributed by atoms with van der Waals surface area (Å²) in [5.74, 6) is -1.37. The molecule has 0 amide bonds. The van der Waals surface area contributed by atoms with Gasteiger partial charge in [-0.05, 0) is 50.4 Å². The molecule has 0 unspecified atom stereocenters. The molecular weight excluding hydrogens is 336 g/mol. The van der Waals surface area contributed by atoms with Gasteiger partial charge < -0.3 is 14.9 Å². The number of hydrogen-bond donors (Lipinski definition) is 2. The van der Waals surface area contributed by atoms with E-state index in [4.69, 9.17) is 4.74 Å².